The Balaban J connectivity index is 0.00000512. The highest BCUT2D eigenvalue weighted by molar-refractivity contribution is 14.0. The Morgan fingerprint density at radius 3 is 2.47 bits per heavy atom. The number of hydrogen-bond acceptors (Lipinski definition) is 5. The standard InChI is InChI=1S/C22H42N6O3.HI/c1-7-27-12-9-11-18(27)14-23-20(24-15-19(29)26(5)6)25-17-10-8-13-28(16-17)21(30)31-22(2,3)4;/h17-18H,7-16H2,1-6H3,(H2,23,24,25);1H. The Morgan fingerprint density at radius 1 is 1.16 bits per heavy atom. The fraction of sp³-hybridized carbons (Fsp3) is 0.864. The fourth-order valence-corrected chi connectivity index (χ4v) is 3.98. The van der Waals surface area contributed by atoms with Crippen LogP contribution >= 0.6 is 24.0 Å². The lowest BCUT2D eigenvalue weighted by Crippen LogP contribution is -2.54. The van der Waals surface area contributed by atoms with Crippen LogP contribution in [0.5, 0.6) is 0 Å². The summed E-state index contributed by atoms with van der Waals surface area (Å²) in [6, 6.07) is 0.541. The number of ether oxygens (including phenoxy) is 1. The van der Waals surface area contributed by atoms with Crippen molar-refractivity contribution in [3.63, 3.8) is 0 Å². The molecule has 0 aromatic heterocycles. The Kier molecular flexibility index (Phi) is 12.0. The van der Waals surface area contributed by atoms with Crippen LogP contribution in [-0.2, 0) is 9.53 Å². The van der Waals surface area contributed by atoms with Crippen molar-refractivity contribution in [3.05, 3.63) is 0 Å². The van der Waals surface area contributed by atoms with E-state index >= 15 is 0 Å². The number of aliphatic imine (C=N–C) groups is 1. The van der Waals surface area contributed by atoms with Gasteiger partial charge in [0.25, 0.3) is 0 Å². The average Bonchev–Trinajstić information content (AvgIpc) is 3.16. The highest BCUT2D eigenvalue weighted by atomic mass is 127. The first-order chi connectivity index (χ1) is 14.6. The maximum Gasteiger partial charge on any atom is 0.410 e. The predicted molar refractivity (Wildman–Crippen MR) is 139 cm³/mol. The van der Waals surface area contributed by atoms with Crippen molar-refractivity contribution >= 4 is 41.9 Å². The quantitative estimate of drug-likeness (QED) is 0.291. The number of amides is 2. The molecule has 0 aliphatic carbocycles. The number of rotatable bonds is 6. The van der Waals surface area contributed by atoms with Crippen molar-refractivity contribution in [2.24, 2.45) is 4.99 Å². The van der Waals surface area contributed by atoms with Gasteiger partial charge in [-0.25, -0.2) is 9.79 Å². The molecule has 2 rings (SSSR count). The molecule has 9 nitrogen and oxygen atoms in total. The molecule has 0 spiro atoms. The van der Waals surface area contributed by atoms with Crippen LogP contribution in [0.2, 0.25) is 0 Å². The van der Waals surface area contributed by atoms with Crippen LogP contribution in [0.1, 0.15) is 53.4 Å². The van der Waals surface area contributed by atoms with Gasteiger partial charge >= 0.3 is 6.09 Å². The molecule has 2 heterocycles. The number of piperidine rings is 1. The molecular weight excluding hydrogens is 523 g/mol. The van der Waals surface area contributed by atoms with Gasteiger partial charge in [-0.2, -0.15) is 0 Å². The predicted octanol–water partition coefficient (Wildman–Crippen LogP) is 2.11. The minimum absolute atomic E-state index is 0. The molecule has 2 aliphatic heterocycles. The van der Waals surface area contributed by atoms with E-state index in [9.17, 15) is 9.59 Å². The second-order valence-corrected chi connectivity index (χ2v) is 9.67. The minimum atomic E-state index is -0.509. The molecule has 32 heavy (non-hydrogen) atoms. The molecule has 2 unspecified atom stereocenters. The van der Waals surface area contributed by atoms with Crippen LogP contribution in [0.4, 0.5) is 4.79 Å². The molecule has 0 radical (unpaired) electrons. The van der Waals surface area contributed by atoms with Gasteiger partial charge in [0.1, 0.15) is 12.1 Å². The Bertz CT molecular complexity index is 638. The van der Waals surface area contributed by atoms with Crippen LogP contribution in [0.15, 0.2) is 4.99 Å². The lowest BCUT2D eigenvalue weighted by Gasteiger charge is -2.35. The summed E-state index contributed by atoms with van der Waals surface area (Å²) < 4.78 is 5.53. The zero-order valence-electron chi connectivity index (χ0n) is 20.6. The van der Waals surface area contributed by atoms with E-state index in [1.165, 1.54) is 12.8 Å². The number of likely N-dealkylation sites (tertiary alicyclic amines) is 2. The minimum Gasteiger partial charge on any atom is -0.444 e. The monoisotopic (exact) mass is 566 g/mol. The SMILES string of the molecule is CCN1CCCC1CNC(=NCC(=O)N(C)C)NC1CCCN(C(=O)OC(C)(C)C)C1.I. The normalized spacial score (nSPS) is 22.2. The number of nitrogens with zero attached hydrogens (tertiary/aromatic N) is 4. The number of hydrogen-bond donors (Lipinski definition) is 2. The van der Waals surface area contributed by atoms with Gasteiger partial charge in [0.2, 0.25) is 5.91 Å². The van der Waals surface area contributed by atoms with Crippen molar-refractivity contribution < 1.29 is 14.3 Å². The largest absolute Gasteiger partial charge is 0.444 e. The molecule has 2 saturated heterocycles. The van der Waals surface area contributed by atoms with Crippen molar-refractivity contribution in [1.29, 1.82) is 0 Å². The van der Waals surface area contributed by atoms with Crippen molar-refractivity contribution in [2.75, 3.05) is 53.4 Å². The van der Waals surface area contributed by atoms with Gasteiger partial charge in [-0.3, -0.25) is 9.69 Å². The van der Waals surface area contributed by atoms with Gasteiger partial charge in [0.15, 0.2) is 5.96 Å². The lowest BCUT2D eigenvalue weighted by molar-refractivity contribution is -0.127. The topological polar surface area (TPSA) is 89.5 Å². The van der Waals surface area contributed by atoms with Crippen LogP contribution in [0.25, 0.3) is 0 Å². The van der Waals surface area contributed by atoms with E-state index in [-0.39, 0.29) is 48.6 Å². The summed E-state index contributed by atoms with van der Waals surface area (Å²) in [7, 11) is 3.46. The Morgan fingerprint density at radius 2 is 1.84 bits per heavy atom. The molecule has 0 bridgehead atoms. The van der Waals surface area contributed by atoms with Gasteiger partial charge in [0.05, 0.1) is 0 Å². The van der Waals surface area contributed by atoms with Gasteiger partial charge in [0, 0.05) is 45.8 Å². The molecule has 0 aromatic carbocycles. The molecule has 0 aromatic rings. The average molecular weight is 567 g/mol. The van der Waals surface area contributed by atoms with E-state index in [0.717, 1.165) is 32.5 Å². The van der Waals surface area contributed by atoms with E-state index < -0.39 is 5.60 Å². The van der Waals surface area contributed by atoms with Crippen molar-refractivity contribution in [1.82, 2.24) is 25.3 Å². The summed E-state index contributed by atoms with van der Waals surface area (Å²) in [6.45, 7) is 12.1. The molecule has 10 heteroatoms. The first kappa shape index (κ1) is 28.7. The number of likely N-dealkylation sites (N-methyl/N-ethyl adjacent to an activating group) is 2. The maximum atomic E-state index is 12.5. The first-order valence-electron chi connectivity index (χ1n) is 11.6. The summed E-state index contributed by atoms with van der Waals surface area (Å²) in [5.74, 6) is 0.588. The number of carbonyl (C=O) groups is 2. The first-order valence-corrected chi connectivity index (χ1v) is 11.6. The Hall–Kier alpha value is -1.30. The van der Waals surface area contributed by atoms with Crippen LogP contribution < -0.4 is 10.6 Å². The fourth-order valence-electron chi connectivity index (χ4n) is 3.98. The highest BCUT2D eigenvalue weighted by Gasteiger charge is 2.29. The molecule has 0 saturated carbocycles. The second kappa shape index (κ2) is 13.4. The van der Waals surface area contributed by atoms with Crippen LogP contribution in [-0.4, -0.2) is 104 Å². The third-order valence-electron chi connectivity index (χ3n) is 5.70. The third kappa shape index (κ3) is 9.68. The summed E-state index contributed by atoms with van der Waals surface area (Å²) in [4.78, 5) is 34.8. The summed E-state index contributed by atoms with van der Waals surface area (Å²) >= 11 is 0. The number of halogens is 1. The number of nitrogens with one attached hydrogen (secondary N) is 2. The van der Waals surface area contributed by atoms with E-state index in [1.54, 1.807) is 23.9 Å². The summed E-state index contributed by atoms with van der Waals surface area (Å²) in [5.41, 5.74) is -0.509. The smallest absolute Gasteiger partial charge is 0.410 e. The molecule has 2 fully saturated rings. The zero-order chi connectivity index (χ0) is 23.0. The van der Waals surface area contributed by atoms with Gasteiger partial charge in [-0.1, -0.05) is 6.92 Å². The number of guanidine groups is 1. The van der Waals surface area contributed by atoms with E-state index in [4.69, 9.17) is 4.74 Å². The summed E-state index contributed by atoms with van der Waals surface area (Å²) in [5, 5.41) is 6.90. The van der Waals surface area contributed by atoms with E-state index in [0.29, 0.717) is 25.1 Å². The lowest BCUT2D eigenvalue weighted by atomic mass is 10.1. The highest BCUT2D eigenvalue weighted by Crippen LogP contribution is 2.17. The van der Waals surface area contributed by atoms with Gasteiger partial charge in [-0.05, 0) is 59.5 Å². The molecule has 2 amide bonds. The zero-order valence-corrected chi connectivity index (χ0v) is 23.0. The molecular formula is C22H43IN6O3. The molecule has 2 aliphatic rings. The van der Waals surface area contributed by atoms with Gasteiger partial charge < -0.3 is 25.2 Å². The number of carbonyl (C=O) groups excluding carboxylic acids is 2. The molecule has 2 atom stereocenters. The van der Waals surface area contributed by atoms with E-state index in [1.807, 2.05) is 20.8 Å². The van der Waals surface area contributed by atoms with Crippen LogP contribution in [0, 0.1) is 0 Å². The third-order valence-corrected chi connectivity index (χ3v) is 5.70. The molecule has 186 valence electrons. The van der Waals surface area contributed by atoms with Crippen LogP contribution in [0.3, 0.4) is 0 Å². The maximum absolute atomic E-state index is 12.5. The summed E-state index contributed by atoms with van der Waals surface area (Å²) in [6.07, 6.45) is 3.93. The second-order valence-electron chi connectivity index (χ2n) is 9.67. The van der Waals surface area contributed by atoms with Crippen molar-refractivity contribution in [3.8, 4) is 0 Å². The van der Waals surface area contributed by atoms with E-state index in [2.05, 4.69) is 27.4 Å². The van der Waals surface area contributed by atoms with Crippen molar-refractivity contribution in [2.45, 2.75) is 71.1 Å². The Labute approximate surface area is 210 Å². The van der Waals surface area contributed by atoms with Gasteiger partial charge in [-0.15, -0.1) is 24.0 Å². The molecule has 2 N–H and O–H groups in total.